The normalized spacial score (nSPS) is 11.7. The monoisotopic (exact) mass is 283 g/mol. The zero-order valence-electron chi connectivity index (χ0n) is 12.5. The second kappa shape index (κ2) is 7.48. The average molecular weight is 283 g/mol. The Balaban J connectivity index is 1.90. The Morgan fingerprint density at radius 2 is 1.76 bits per heavy atom. The lowest BCUT2D eigenvalue weighted by atomic mass is 10.2. The third-order valence-corrected chi connectivity index (χ3v) is 3.27. The number of nitrogens with one attached hydrogen (secondary N) is 1. The van der Waals surface area contributed by atoms with E-state index >= 15 is 0 Å². The molecule has 1 amide bonds. The lowest BCUT2D eigenvalue weighted by molar-refractivity contribution is -0.128. The molecule has 2 aromatic carbocycles. The molecule has 2 aromatic rings. The van der Waals surface area contributed by atoms with E-state index in [1.54, 1.807) is 0 Å². The Hall–Kier alpha value is -2.29. The maximum absolute atomic E-state index is 12.2. The molecule has 1 atom stereocenters. The summed E-state index contributed by atoms with van der Waals surface area (Å²) in [5, 5.41) is 2.92. The van der Waals surface area contributed by atoms with Gasteiger partial charge >= 0.3 is 0 Å². The van der Waals surface area contributed by atoms with Crippen LogP contribution in [-0.2, 0) is 11.3 Å². The van der Waals surface area contributed by atoms with Gasteiger partial charge < -0.3 is 10.1 Å². The molecule has 1 N–H and O–H groups in total. The summed E-state index contributed by atoms with van der Waals surface area (Å²) in [6.07, 6.45) is 0.172. The highest BCUT2D eigenvalue weighted by Crippen LogP contribution is 2.14. The van der Waals surface area contributed by atoms with Crippen LogP contribution in [0.1, 0.15) is 24.5 Å². The highest BCUT2D eigenvalue weighted by Gasteiger charge is 2.17. The molecule has 0 saturated carbocycles. The first kappa shape index (κ1) is 15.1. The summed E-state index contributed by atoms with van der Waals surface area (Å²) in [6, 6.07) is 17.6. The molecule has 0 aliphatic carbocycles. The second-order valence-electron chi connectivity index (χ2n) is 5.03. The summed E-state index contributed by atoms with van der Waals surface area (Å²) in [6.45, 7) is 4.49. The highest BCUT2D eigenvalue weighted by molar-refractivity contribution is 5.81. The van der Waals surface area contributed by atoms with Crippen LogP contribution in [0.25, 0.3) is 0 Å². The van der Waals surface area contributed by atoms with Crippen molar-refractivity contribution in [3.63, 3.8) is 0 Å². The third kappa shape index (κ3) is 4.63. The molecule has 0 radical (unpaired) electrons. The van der Waals surface area contributed by atoms with E-state index in [0.29, 0.717) is 13.0 Å². The first-order valence-corrected chi connectivity index (χ1v) is 7.24. The van der Waals surface area contributed by atoms with E-state index in [2.05, 4.69) is 5.32 Å². The Morgan fingerprint density at radius 3 is 2.38 bits per heavy atom. The minimum absolute atomic E-state index is 0.0815. The fourth-order valence-corrected chi connectivity index (χ4v) is 2.00. The zero-order valence-corrected chi connectivity index (χ0v) is 12.5. The molecule has 3 heteroatoms. The SMILES string of the molecule is CC[C@H](Oc1ccc(C)cc1)C(=O)NCc1ccccc1. The van der Waals surface area contributed by atoms with Crippen molar-refractivity contribution < 1.29 is 9.53 Å². The number of aryl methyl sites for hydroxylation is 1. The molecule has 3 nitrogen and oxygen atoms in total. The summed E-state index contributed by atoms with van der Waals surface area (Å²) in [4.78, 5) is 12.2. The van der Waals surface area contributed by atoms with Gasteiger partial charge in [0.1, 0.15) is 5.75 Å². The molecule has 0 saturated heterocycles. The lowest BCUT2D eigenvalue weighted by Crippen LogP contribution is -2.37. The van der Waals surface area contributed by atoms with Crippen molar-refractivity contribution in [2.45, 2.75) is 32.9 Å². The van der Waals surface area contributed by atoms with Crippen molar-refractivity contribution in [3.8, 4) is 5.75 Å². The molecule has 0 spiro atoms. The van der Waals surface area contributed by atoms with Crippen molar-refractivity contribution in [3.05, 3.63) is 65.7 Å². The Labute approximate surface area is 126 Å². The quantitative estimate of drug-likeness (QED) is 0.881. The molecule has 21 heavy (non-hydrogen) atoms. The van der Waals surface area contributed by atoms with Crippen LogP contribution >= 0.6 is 0 Å². The van der Waals surface area contributed by atoms with Gasteiger partial charge in [0.15, 0.2) is 6.10 Å². The van der Waals surface area contributed by atoms with Crippen molar-refractivity contribution in [1.82, 2.24) is 5.32 Å². The van der Waals surface area contributed by atoms with Crippen molar-refractivity contribution in [2.24, 2.45) is 0 Å². The van der Waals surface area contributed by atoms with Crippen molar-refractivity contribution in [2.75, 3.05) is 0 Å². The smallest absolute Gasteiger partial charge is 0.261 e. The van der Waals surface area contributed by atoms with E-state index in [9.17, 15) is 4.79 Å². The van der Waals surface area contributed by atoms with E-state index in [0.717, 1.165) is 11.3 Å². The van der Waals surface area contributed by atoms with Gasteiger partial charge in [0.05, 0.1) is 0 Å². The van der Waals surface area contributed by atoms with Crippen LogP contribution in [0.15, 0.2) is 54.6 Å². The van der Waals surface area contributed by atoms with Crippen LogP contribution in [0, 0.1) is 6.92 Å². The molecule has 2 rings (SSSR count). The summed E-state index contributed by atoms with van der Waals surface area (Å²) in [7, 11) is 0. The number of hydrogen-bond acceptors (Lipinski definition) is 2. The summed E-state index contributed by atoms with van der Waals surface area (Å²) < 4.78 is 5.76. The summed E-state index contributed by atoms with van der Waals surface area (Å²) in [5.74, 6) is 0.643. The van der Waals surface area contributed by atoms with E-state index in [1.807, 2.05) is 68.4 Å². The van der Waals surface area contributed by atoms with E-state index in [-0.39, 0.29) is 5.91 Å². The van der Waals surface area contributed by atoms with Crippen molar-refractivity contribution in [1.29, 1.82) is 0 Å². The van der Waals surface area contributed by atoms with Gasteiger partial charge in [-0.3, -0.25) is 4.79 Å². The standard InChI is InChI=1S/C18H21NO2/c1-3-17(21-16-11-9-14(2)10-12-16)18(20)19-13-15-7-5-4-6-8-15/h4-12,17H,3,13H2,1-2H3,(H,19,20)/t17-/m0/s1. The van der Waals surface area contributed by atoms with Crippen molar-refractivity contribution >= 4 is 5.91 Å². The number of ether oxygens (including phenoxy) is 1. The maximum atomic E-state index is 12.2. The van der Waals surface area contributed by atoms with Gasteiger partial charge in [0, 0.05) is 6.54 Å². The fourth-order valence-electron chi connectivity index (χ4n) is 2.00. The average Bonchev–Trinajstić information content (AvgIpc) is 2.53. The van der Waals surface area contributed by atoms with Gasteiger partial charge in [-0.1, -0.05) is 55.0 Å². The van der Waals surface area contributed by atoms with E-state index in [1.165, 1.54) is 5.56 Å². The van der Waals surface area contributed by atoms with E-state index in [4.69, 9.17) is 4.74 Å². The van der Waals surface area contributed by atoms with Gasteiger partial charge in [-0.2, -0.15) is 0 Å². The van der Waals surface area contributed by atoms with Gasteiger partial charge in [0.25, 0.3) is 5.91 Å². The topological polar surface area (TPSA) is 38.3 Å². The van der Waals surface area contributed by atoms with Crippen LogP contribution in [0.5, 0.6) is 5.75 Å². The molecule has 0 bridgehead atoms. The molecule has 0 aliphatic heterocycles. The second-order valence-corrected chi connectivity index (χ2v) is 5.03. The number of carbonyl (C=O) groups is 1. The minimum Gasteiger partial charge on any atom is -0.481 e. The van der Waals surface area contributed by atoms with Gasteiger partial charge in [0.2, 0.25) is 0 Å². The fraction of sp³-hybridized carbons (Fsp3) is 0.278. The zero-order chi connectivity index (χ0) is 15.1. The van der Waals surface area contributed by atoms with Crippen LogP contribution in [-0.4, -0.2) is 12.0 Å². The number of rotatable bonds is 6. The molecule has 110 valence electrons. The third-order valence-electron chi connectivity index (χ3n) is 3.27. The Morgan fingerprint density at radius 1 is 1.10 bits per heavy atom. The van der Waals surface area contributed by atoms with Crippen LogP contribution in [0.4, 0.5) is 0 Å². The number of amides is 1. The first-order valence-electron chi connectivity index (χ1n) is 7.24. The number of hydrogen-bond donors (Lipinski definition) is 1. The van der Waals surface area contributed by atoms with Gasteiger partial charge in [-0.25, -0.2) is 0 Å². The predicted octanol–water partition coefficient (Wildman–Crippen LogP) is 3.47. The highest BCUT2D eigenvalue weighted by atomic mass is 16.5. The molecule has 0 aliphatic rings. The minimum atomic E-state index is -0.462. The van der Waals surface area contributed by atoms with E-state index < -0.39 is 6.10 Å². The molecule has 0 aromatic heterocycles. The maximum Gasteiger partial charge on any atom is 0.261 e. The summed E-state index contributed by atoms with van der Waals surface area (Å²) >= 11 is 0. The molecule has 0 fully saturated rings. The molecule has 0 heterocycles. The van der Waals surface area contributed by atoms with Crippen LogP contribution < -0.4 is 10.1 Å². The Bertz CT molecular complexity index is 564. The largest absolute Gasteiger partial charge is 0.481 e. The molecular weight excluding hydrogens is 262 g/mol. The molecular formula is C18H21NO2. The number of carbonyl (C=O) groups excluding carboxylic acids is 1. The first-order chi connectivity index (χ1) is 10.2. The van der Waals surface area contributed by atoms with Crippen LogP contribution in [0.2, 0.25) is 0 Å². The van der Waals surface area contributed by atoms with Gasteiger partial charge in [-0.15, -0.1) is 0 Å². The predicted molar refractivity (Wildman–Crippen MR) is 84.2 cm³/mol. The van der Waals surface area contributed by atoms with Gasteiger partial charge in [-0.05, 0) is 31.0 Å². The summed E-state index contributed by atoms with van der Waals surface area (Å²) in [5.41, 5.74) is 2.25. The molecule has 0 unspecified atom stereocenters. The Kier molecular flexibility index (Phi) is 5.38. The lowest BCUT2D eigenvalue weighted by Gasteiger charge is -2.17. The number of benzene rings is 2. The van der Waals surface area contributed by atoms with Crippen LogP contribution in [0.3, 0.4) is 0 Å².